The molecule has 0 bridgehead atoms. The smallest absolute Gasteiger partial charge is 0.358 e. The van der Waals surface area contributed by atoms with E-state index in [0.717, 1.165) is 25.9 Å². The number of nitrogens with zero attached hydrogens (tertiary/aromatic N) is 4. The zero-order valence-electron chi connectivity index (χ0n) is 12.6. The van der Waals surface area contributed by atoms with E-state index in [-0.39, 0.29) is 17.8 Å². The SMILES string of the molecule is Cc1cc([N+](=O)[O-])nn1C(C)C(=O)NC1CCN(C)CC1. The van der Waals surface area contributed by atoms with Crippen LogP contribution in [0.3, 0.4) is 0 Å². The summed E-state index contributed by atoms with van der Waals surface area (Å²) in [7, 11) is 2.06. The number of rotatable bonds is 4. The second-order valence-corrected chi connectivity index (χ2v) is 5.61. The van der Waals surface area contributed by atoms with Crippen molar-refractivity contribution in [3.63, 3.8) is 0 Å². The molecule has 2 rings (SSSR count). The Labute approximate surface area is 123 Å². The van der Waals surface area contributed by atoms with Gasteiger partial charge in [-0.05, 0) is 51.7 Å². The van der Waals surface area contributed by atoms with Gasteiger partial charge in [0.05, 0.1) is 16.9 Å². The maximum atomic E-state index is 12.3. The Morgan fingerprint density at radius 3 is 2.67 bits per heavy atom. The van der Waals surface area contributed by atoms with E-state index in [1.165, 1.54) is 10.7 Å². The number of hydrogen-bond donors (Lipinski definition) is 1. The van der Waals surface area contributed by atoms with Crippen LogP contribution in [0.4, 0.5) is 5.82 Å². The standard InChI is InChI=1S/C13H21N5O3/c1-9-8-12(18(20)21)15-17(9)10(2)13(19)14-11-4-6-16(3)7-5-11/h8,10-11H,4-7H2,1-3H3,(H,14,19). The highest BCUT2D eigenvalue weighted by Gasteiger charge is 2.27. The van der Waals surface area contributed by atoms with E-state index in [9.17, 15) is 14.9 Å². The molecule has 1 aliphatic heterocycles. The van der Waals surface area contributed by atoms with E-state index in [4.69, 9.17) is 0 Å². The number of piperidine rings is 1. The van der Waals surface area contributed by atoms with E-state index < -0.39 is 11.0 Å². The molecule has 8 heteroatoms. The van der Waals surface area contributed by atoms with Crippen LogP contribution in [0, 0.1) is 17.0 Å². The minimum absolute atomic E-state index is 0.148. The van der Waals surface area contributed by atoms with Gasteiger partial charge in [-0.3, -0.25) is 4.79 Å². The van der Waals surface area contributed by atoms with Gasteiger partial charge in [-0.25, -0.2) is 0 Å². The monoisotopic (exact) mass is 295 g/mol. The van der Waals surface area contributed by atoms with Crippen molar-refractivity contribution in [2.24, 2.45) is 0 Å². The summed E-state index contributed by atoms with van der Waals surface area (Å²) in [6, 6.07) is 0.986. The van der Waals surface area contributed by atoms with E-state index in [1.54, 1.807) is 13.8 Å². The number of aromatic nitrogens is 2. The third-order valence-corrected chi connectivity index (χ3v) is 3.91. The van der Waals surface area contributed by atoms with Crippen molar-refractivity contribution in [3.8, 4) is 0 Å². The van der Waals surface area contributed by atoms with Crippen molar-refractivity contribution in [2.75, 3.05) is 20.1 Å². The first kappa shape index (κ1) is 15.4. The van der Waals surface area contributed by atoms with Gasteiger partial charge in [0.25, 0.3) is 0 Å². The van der Waals surface area contributed by atoms with Gasteiger partial charge >= 0.3 is 5.82 Å². The van der Waals surface area contributed by atoms with Gasteiger partial charge in [-0.2, -0.15) is 4.68 Å². The zero-order valence-corrected chi connectivity index (χ0v) is 12.6. The summed E-state index contributed by atoms with van der Waals surface area (Å²) in [5, 5.41) is 17.6. The number of aryl methyl sites for hydroxylation is 1. The summed E-state index contributed by atoms with van der Waals surface area (Å²) in [6.07, 6.45) is 1.85. The molecule has 0 spiro atoms. The number of likely N-dealkylation sites (tertiary alicyclic amines) is 1. The van der Waals surface area contributed by atoms with Gasteiger partial charge in [-0.15, -0.1) is 0 Å². The molecule has 1 unspecified atom stereocenters. The number of carbonyl (C=O) groups excluding carboxylic acids is 1. The van der Waals surface area contributed by atoms with Crippen LogP contribution in [0.1, 0.15) is 31.5 Å². The van der Waals surface area contributed by atoms with Crippen LogP contribution < -0.4 is 5.32 Å². The summed E-state index contributed by atoms with van der Waals surface area (Å²) in [4.78, 5) is 24.7. The number of hydrogen-bond acceptors (Lipinski definition) is 5. The number of nitro groups is 1. The van der Waals surface area contributed by atoms with Crippen LogP contribution in [-0.4, -0.2) is 51.7 Å². The lowest BCUT2D eigenvalue weighted by atomic mass is 10.1. The first-order chi connectivity index (χ1) is 9.88. The first-order valence-corrected chi connectivity index (χ1v) is 7.08. The highest BCUT2D eigenvalue weighted by atomic mass is 16.6. The molecule has 0 radical (unpaired) electrons. The molecule has 1 amide bonds. The fourth-order valence-corrected chi connectivity index (χ4v) is 2.54. The van der Waals surface area contributed by atoms with Crippen molar-refractivity contribution in [3.05, 3.63) is 21.9 Å². The predicted octanol–water partition coefficient (Wildman–Crippen LogP) is 0.871. The molecule has 1 saturated heterocycles. The van der Waals surface area contributed by atoms with Gasteiger partial charge in [0.15, 0.2) is 0 Å². The fourth-order valence-electron chi connectivity index (χ4n) is 2.54. The second kappa shape index (κ2) is 6.21. The summed E-state index contributed by atoms with van der Waals surface area (Å²) >= 11 is 0. The van der Waals surface area contributed by atoms with Gasteiger partial charge in [-0.1, -0.05) is 0 Å². The summed E-state index contributed by atoms with van der Waals surface area (Å²) in [6.45, 7) is 5.34. The largest absolute Gasteiger partial charge is 0.390 e. The molecule has 8 nitrogen and oxygen atoms in total. The molecule has 1 fully saturated rings. The predicted molar refractivity (Wildman–Crippen MR) is 77.0 cm³/mol. The van der Waals surface area contributed by atoms with Crippen LogP contribution in [0.25, 0.3) is 0 Å². The molecule has 1 N–H and O–H groups in total. The van der Waals surface area contributed by atoms with Gasteiger partial charge in [0.2, 0.25) is 5.91 Å². The minimum atomic E-state index is -0.557. The minimum Gasteiger partial charge on any atom is -0.358 e. The molecule has 0 saturated carbocycles. The quantitative estimate of drug-likeness (QED) is 0.657. The van der Waals surface area contributed by atoms with Crippen LogP contribution in [0.15, 0.2) is 6.07 Å². The van der Waals surface area contributed by atoms with Crippen molar-refractivity contribution in [2.45, 2.75) is 38.8 Å². The molecule has 1 aliphatic rings. The van der Waals surface area contributed by atoms with Crippen LogP contribution in [0.2, 0.25) is 0 Å². The third-order valence-electron chi connectivity index (χ3n) is 3.91. The van der Waals surface area contributed by atoms with E-state index in [1.807, 2.05) is 0 Å². The number of carbonyl (C=O) groups is 1. The highest BCUT2D eigenvalue weighted by Crippen LogP contribution is 2.17. The molecule has 1 atom stereocenters. The number of amides is 1. The summed E-state index contributed by atoms with van der Waals surface area (Å²) in [5.74, 6) is -0.378. The molecule has 0 aliphatic carbocycles. The molecule has 0 aromatic carbocycles. The Hall–Kier alpha value is -1.96. The highest BCUT2D eigenvalue weighted by molar-refractivity contribution is 5.80. The van der Waals surface area contributed by atoms with E-state index >= 15 is 0 Å². The lowest BCUT2D eigenvalue weighted by molar-refractivity contribution is -0.389. The topological polar surface area (TPSA) is 93.3 Å². The molecular weight excluding hydrogens is 274 g/mol. The molecule has 2 heterocycles. The van der Waals surface area contributed by atoms with Crippen molar-refractivity contribution in [1.82, 2.24) is 20.0 Å². The number of nitrogens with one attached hydrogen (secondary N) is 1. The molecule has 21 heavy (non-hydrogen) atoms. The van der Waals surface area contributed by atoms with E-state index in [0.29, 0.717) is 5.69 Å². The Morgan fingerprint density at radius 1 is 1.52 bits per heavy atom. The van der Waals surface area contributed by atoms with Crippen LogP contribution >= 0.6 is 0 Å². The fraction of sp³-hybridized carbons (Fsp3) is 0.692. The second-order valence-electron chi connectivity index (χ2n) is 5.61. The molecule has 1 aromatic rings. The Kier molecular flexibility index (Phi) is 4.56. The Balaban J connectivity index is 2.00. The summed E-state index contributed by atoms with van der Waals surface area (Å²) < 4.78 is 1.41. The maximum absolute atomic E-state index is 12.3. The van der Waals surface area contributed by atoms with Crippen molar-refractivity contribution < 1.29 is 9.72 Å². The molecule has 116 valence electrons. The lowest BCUT2D eigenvalue weighted by Crippen LogP contribution is -2.45. The molecule has 1 aromatic heterocycles. The average molecular weight is 295 g/mol. The van der Waals surface area contributed by atoms with Gasteiger partial charge < -0.3 is 20.3 Å². The van der Waals surface area contributed by atoms with Crippen molar-refractivity contribution in [1.29, 1.82) is 0 Å². The van der Waals surface area contributed by atoms with Crippen LogP contribution in [-0.2, 0) is 4.79 Å². The zero-order chi connectivity index (χ0) is 15.6. The summed E-state index contributed by atoms with van der Waals surface area (Å²) in [5.41, 5.74) is 0.604. The Bertz CT molecular complexity index is 534. The van der Waals surface area contributed by atoms with Gasteiger partial charge in [0.1, 0.15) is 6.04 Å². The normalized spacial score (nSPS) is 18.4. The van der Waals surface area contributed by atoms with E-state index in [2.05, 4.69) is 22.4 Å². The molecular formula is C13H21N5O3. The van der Waals surface area contributed by atoms with Crippen molar-refractivity contribution >= 4 is 11.7 Å². The maximum Gasteiger partial charge on any atom is 0.390 e. The average Bonchev–Trinajstić information content (AvgIpc) is 2.82. The van der Waals surface area contributed by atoms with Crippen LogP contribution in [0.5, 0.6) is 0 Å². The Morgan fingerprint density at radius 2 is 2.14 bits per heavy atom. The lowest BCUT2D eigenvalue weighted by Gasteiger charge is -2.30. The first-order valence-electron chi connectivity index (χ1n) is 7.08. The third kappa shape index (κ3) is 3.57. The van der Waals surface area contributed by atoms with Gasteiger partial charge in [0, 0.05) is 6.04 Å².